The smallest absolute Gasteiger partial charge is 0.308 e. The fraction of sp³-hybridized carbons (Fsp3) is 0.688. The summed E-state index contributed by atoms with van der Waals surface area (Å²) in [6.45, 7) is 3.16. The Morgan fingerprint density at radius 2 is 1.95 bits per heavy atom. The molecule has 1 atom stereocenters. The Kier molecular flexibility index (Phi) is 6.05. The van der Waals surface area contributed by atoms with Crippen LogP contribution in [0.3, 0.4) is 0 Å². The Balaban J connectivity index is 1.78. The number of hydrogen-bond donors (Lipinski definition) is 2. The number of rotatable bonds is 6. The van der Waals surface area contributed by atoms with Crippen LogP contribution in [0.2, 0.25) is 0 Å². The van der Waals surface area contributed by atoms with E-state index in [9.17, 15) is 4.79 Å². The van der Waals surface area contributed by atoms with Gasteiger partial charge in [-0.25, -0.2) is 0 Å². The number of nitrogens with one attached hydrogen (secondary N) is 1. The lowest BCUT2D eigenvalue weighted by Crippen LogP contribution is -2.32. The van der Waals surface area contributed by atoms with Crippen LogP contribution in [-0.2, 0) is 17.8 Å². The van der Waals surface area contributed by atoms with Gasteiger partial charge >= 0.3 is 5.97 Å². The zero-order valence-corrected chi connectivity index (χ0v) is 13.0. The molecular formula is C16H25NO2S. The van der Waals surface area contributed by atoms with Crippen LogP contribution in [-0.4, -0.2) is 17.1 Å². The van der Waals surface area contributed by atoms with Gasteiger partial charge in [0.25, 0.3) is 0 Å². The number of thiophene rings is 1. The first-order valence-corrected chi connectivity index (χ1v) is 8.49. The minimum absolute atomic E-state index is 0.142. The largest absolute Gasteiger partial charge is 0.481 e. The lowest BCUT2D eigenvalue weighted by atomic mass is 9.93. The van der Waals surface area contributed by atoms with Crippen molar-refractivity contribution in [1.82, 2.24) is 5.32 Å². The third-order valence-corrected chi connectivity index (χ3v) is 5.33. The lowest BCUT2D eigenvalue weighted by molar-refractivity contribution is -0.136. The summed E-state index contributed by atoms with van der Waals surface area (Å²) >= 11 is 1.61. The molecule has 112 valence electrons. The van der Waals surface area contributed by atoms with Gasteiger partial charge in [0.15, 0.2) is 0 Å². The van der Waals surface area contributed by atoms with Gasteiger partial charge in [-0.05, 0) is 37.8 Å². The van der Waals surface area contributed by atoms with Crippen molar-refractivity contribution < 1.29 is 9.90 Å². The molecule has 1 aliphatic carbocycles. The second kappa shape index (κ2) is 7.79. The van der Waals surface area contributed by atoms with Crippen LogP contribution >= 0.6 is 11.3 Å². The number of carbonyl (C=O) groups is 1. The molecule has 20 heavy (non-hydrogen) atoms. The van der Waals surface area contributed by atoms with E-state index in [0.717, 1.165) is 17.3 Å². The molecule has 0 aliphatic heterocycles. The van der Waals surface area contributed by atoms with Gasteiger partial charge in [0, 0.05) is 22.3 Å². The van der Waals surface area contributed by atoms with Crippen LogP contribution < -0.4 is 5.32 Å². The van der Waals surface area contributed by atoms with Crippen molar-refractivity contribution in [3.63, 3.8) is 0 Å². The maximum absolute atomic E-state index is 10.7. The molecule has 1 saturated carbocycles. The van der Waals surface area contributed by atoms with Gasteiger partial charge in [-0.2, -0.15) is 0 Å². The normalized spacial score (nSPS) is 18.6. The monoisotopic (exact) mass is 295 g/mol. The number of hydrogen-bond acceptors (Lipinski definition) is 3. The molecule has 1 heterocycles. The molecule has 3 nitrogen and oxygen atoms in total. The first-order valence-electron chi connectivity index (χ1n) is 7.68. The Bertz CT molecular complexity index is 422. The predicted octanol–water partition coefficient (Wildman–Crippen LogP) is 3.82. The fourth-order valence-corrected chi connectivity index (χ4v) is 3.96. The maximum Gasteiger partial charge on any atom is 0.308 e. The van der Waals surface area contributed by atoms with E-state index < -0.39 is 5.97 Å². The van der Waals surface area contributed by atoms with Gasteiger partial charge in [-0.15, -0.1) is 11.3 Å². The molecular weight excluding hydrogens is 270 g/mol. The second-order valence-corrected chi connectivity index (χ2v) is 7.11. The van der Waals surface area contributed by atoms with Gasteiger partial charge in [0.05, 0.1) is 6.42 Å². The zero-order valence-electron chi connectivity index (χ0n) is 12.2. The van der Waals surface area contributed by atoms with Gasteiger partial charge in [0.1, 0.15) is 0 Å². The third kappa shape index (κ3) is 4.91. The Labute approximate surface area is 125 Å². The van der Waals surface area contributed by atoms with E-state index >= 15 is 0 Å². The summed E-state index contributed by atoms with van der Waals surface area (Å²) in [7, 11) is 0. The molecule has 1 fully saturated rings. The topological polar surface area (TPSA) is 49.3 Å². The minimum Gasteiger partial charge on any atom is -0.481 e. The van der Waals surface area contributed by atoms with E-state index in [4.69, 9.17) is 5.11 Å². The molecule has 0 radical (unpaired) electrons. The number of aliphatic carboxylic acids is 1. The molecule has 2 rings (SSSR count). The second-order valence-electron chi connectivity index (χ2n) is 5.86. The molecule has 1 aromatic rings. The Hall–Kier alpha value is -0.870. The Morgan fingerprint density at radius 1 is 1.30 bits per heavy atom. The summed E-state index contributed by atoms with van der Waals surface area (Å²) in [4.78, 5) is 12.9. The van der Waals surface area contributed by atoms with Crippen LogP contribution in [0.5, 0.6) is 0 Å². The van der Waals surface area contributed by atoms with Crippen molar-refractivity contribution in [2.24, 2.45) is 5.92 Å². The fourth-order valence-electron chi connectivity index (χ4n) is 3.00. The average molecular weight is 295 g/mol. The summed E-state index contributed by atoms with van der Waals surface area (Å²) in [5, 5.41) is 12.4. The third-order valence-electron chi connectivity index (χ3n) is 4.25. The molecule has 0 unspecified atom stereocenters. The van der Waals surface area contributed by atoms with Crippen LogP contribution in [0.1, 0.15) is 55.2 Å². The number of carboxylic acids is 1. The van der Waals surface area contributed by atoms with E-state index in [-0.39, 0.29) is 6.42 Å². The molecule has 0 saturated heterocycles. The van der Waals surface area contributed by atoms with Crippen molar-refractivity contribution in [2.45, 2.75) is 64.5 Å². The van der Waals surface area contributed by atoms with Gasteiger partial charge in [-0.3, -0.25) is 4.79 Å². The SMILES string of the molecule is C[C@H](NCc1ccc(CC(=O)O)s1)C1CCCCCC1. The highest BCUT2D eigenvalue weighted by molar-refractivity contribution is 7.12. The van der Waals surface area contributed by atoms with E-state index in [1.165, 1.54) is 43.4 Å². The first-order chi connectivity index (χ1) is 9.65. The van der Waals surface area contributed by atoms with E-state index in [1.807, 2.05) is 6.07 Å². The summed E-state index contributed by atoms with van der Waals surface area (Å²) < 4.78 is 0. The van der Waals surface area contributed by atoms with Crippen molar-refractivity contribution >= 4 is 17.3 Å². The quantitative estimate of drug-likeness (QED) is 0.784. The highest BCUT2D eigenvalue weighted by Crippen LogP contribution is 2.26. The van der Waals surface area contributed by atoms with Gasteiger partial charge in [0.2, 0.25) is 0 Å². The highest BCUT2D eigenvalue weighted by Gasteiger charge is 2.18. The summed E-state index contributed by atoms with van der Waals surface area (Å²) in [5.74, 6) is 0.0501. The minimum atomic E-state index is -0.752. The lowest BCUT2D eigenvalue weighted by Gasteiger charge is -2.23. The molecule has 1 aliphatic rings. The van der Waals surface area contributed by atoms with Crippen LogP contribution in [0.15, 0.2) is 12.1 Å². The van der Waals surface area contributed by atoms with Crippen molar-refractivity contribution in [1.29, 1.82) is 0 Å². The maximum atomic E-state index is 10.7. The summed E-state index contributed by atoms with van der Waals surface area (Å²) in [5.41, 5.74) is 0. The highest BCUT2D eigenvalue weighted by atomic mass is 32.1. The summed E-state index contributed by atoms with van der Waals surface area (Å²) in [6, 6.07) is 4.54. The molecule has 0 aromatic carbocycles. The van der Waals surface area contributed by atoms with Crippen LogP contribution in [0.25, 0.3) is 0 Å². The molecule has 0 spiro atoms. The molecule has 1 aromatic heterocycles. The summed E-state index contributed by atoms with van der Waals surface area (Å²) in [6.07, 6.45) is 8.38. The molecule has 0 amide bonds. The first kappa shape index (κ1) is 15.5. The Morgan fingerprint density at radius 3 is 2.60 bits per heavy atom. The van der Waals surface area contributed by atoms with Crippen LogP contribution in [0, 0.1) is 5.92 Å². The van der Waals surface area contributed by atoms with Crippen molar-refractivity contribution in [3.05, 3.63) is 21.9 Å². The van der Waals surface area contributed by atoms with Gasteiger partial charge < -0.3 is 10.4 Å². The van der Waals surface area contributed by atoms with Gasteiger partial charge in [-0.1, -0.05) is 25.7 Å². The zero-order chi connectivity index (χ0) is 14.4. The average Bonchev–Trinajstić information content (AvgIpc) is 2.67. The van der Waals surface area contributed by atoms with E-state index in [2.05, 4.69) is 18.3 Å². The molecule has 0 bridgehead atoms. The standard InChI is InChI=1S/C16H25NO2S/c1-12(13-6-4-2-3-5-7-13)17-11-15-9-8-14(20-15)10-16(18)19/h8-9,12-13,17H,2-7,10-11H2,1H3,(H,18,19)/t12-/m0/s1. The van der Waals surface area contributed by atoms with Crippen molar-refractivity contribution in [3.8, 4) is 0 Å². The van der Waals surface area contributed by atoms with Crippen LogP contribution in [0.4, 0.5) is 0 Å². The number of carboxylic acid groups (broad SMARTS) is 1. The van der Waals surface area contributed by atoms with Crippen molar-refractivity contribution in [2.75, 3.05) is 0 Å². The molecule has 4 heteroatoms. The van der Waals surface area contributed by atoms with E-state index in [1.54, 1.807) is 11.3 Å². The van der Waals surface area contributed by atoms with E-state index in [0.29, 0.717) is 6.04 Å². The predicted molar refractivity (Wildman–Crippen MR) is 83.2 cm³/mol. The molecule has 2 N–H and O–H groups in total.